The predicted octanol–water partition coefficient (Wildman–Crippen LogP) is 4.84. The maximum absolute atomic E-state index is 13.7. The van der Waals surface area contributed by atoms with Crippen LogP contribution in [0.4, 0.5) is 11.4 Å². The third kappa shape index (κ3) is 5.07. The maximum atomic E-state index is 13.7. The highest BCUT2D eigenvalue weighted by Gasteiger charge is 2.41. The number of nitrogens with one attached hydrogen (secondary N) is 1. The highest BCUT2D eigenvalue weighted by Crippen LogP contribution is 2.42. The Labute approximate surface area is 210 Å². The van der Waals surface area contributed by atoms with Crippen molar-refractivity contribution < 1.29 is 28.5 Å². The summed E-state index contributed by atoms with van der Waals surface area (Å²) in [6.07, 6.45) is 0.645. The summed E-state index contributed by atoms with van der Waals surface area (Å²) < 4.78 is 21.4. The number of hydrogen-bond acceptors (Lipinski definition) is 6. The van der Waals surface area contributed by atoms with Crippen LogP contribution in [0.15, 0.2) is 66.7 Å². The SMILES string of the molecule is COc1ccc([C@H]2[C@@H](C(=O)Nc3cc(OC)ccc3OC)CCC(=O)N2c2ccc(OC)cc2)cc1. The number of piperidine rings is 1. The van der Waals surface area contributed by atoms with Crippen LogP contribution in [0.1, 0.15) is 24.4 Å². The van der Waals surface area contributed by atoms with Gasteiger partial charge in [-0.2, -0.15) is 0 Å². The maximum Gasteiger partial charge on any atom is 0.230 e. The number of carbonyl (C=O) groups is 2. The predicted molar refractivity (Wildman–Crippen MR) is 137 cm³/mol. The highest BCUT2D eigenvalue weighted by atomic mass is 16.5. The van der Waals surface area contributed by atoms with E-state index in [1.807, 2.05) is 36.4 Å². The molecule has 0 aliphatic carbocycles. The third-order valence-electron chi connectivity index (χ3n) is 6.41. The van der Waals surface area contributed by atoms with E-state index < -0.39 is 12.0 Å². The van der Waals surface area contributed by atoms with Crippen LogP contribution >= 0.6 is 0 Å². The van der Waals surface area contributed by atoms with E-state index in [-0.39, 0.29) is 18.2 Å². The van der Waals surface area contributed by atoms with Gasteiger partial charge in [-0.25, -0.2) is 0 Å². The molecule has 1 saturated heterocycles. The quantitative estimate of drug-likeness (QED) is 0.486. The molecule has 1 heterocycles. The van der Waals surface area contributed by atoms with Crippen LogP contribution in [0.25, 0.3) is 0 Å². The minimum absolute atomic E-state index is 0.0519. The van der Waals surface area contributed by atoms with Crippen LogP contribution < -0.4 is 29.2 Å². The first-order valence-electron chi connectivity index (χ1n) is 11.6. The molecule has 8 heteroatoms. The zero-order valence-electron chi connectivity index (χ0n) is 20.8. The van der Waals surface area contributed by atoms with Crippen LogP contribution in [0.3, 0.4) is 0 Å². The molecule has 3 aromatic rings. The average Bonchev–Trinajstić information content (AvgIpc) is 2.92. The lowest BCUT2D eigenvalue weighted by molar-refractivity contribution is -0.125. The number of anilines is 2. The van der Waals surface area contributed by atoms with Crippen molar-refractivity contribution >= 4 is 23.2 Å². The van der Waals surface area contributed by atoms with Crippen LogP contribution in [-0.2, 0) is 9.59 Å². The van der Waals surface area contributed by atoms with Gasteiger partial charge in [-0.1, -0.05) is 12.1 Å². The molecule has 8 nitrogen and oxygen atoms in total. The molecular weight excluding hydrogens is 460 g/mol. The first kappa shape index (κ1) is 24.9. The van der Waals surface area contributed by atoms with Crippen molar-refractivity contribution in [3.8, 4) is 23.0 Å². The molecule has 188 valence electrons. The Kier molecular flexibility index (Phi) is 7.63. The second-order valence-corrected chi connectivity index (χ2v) is 8.38. The molecule has 0 spiro atoms. The lowest BCUT2D eigenvalue weighted by Gasteiger charge is -2.41. The van der Waals surface area contributed by atoms with Crippen LogP contribution in [0, 0.1) is 5.92 Å². The molecule has 0 aromatic heterocycles. The van der Waals surface area contributed by atoms with Crippen LogP contribution in [-0.4, -0.2) is 40.3 Å². The lowest BCUT2D eigenvalue weighted by atomic mass is 9.83. The van der Waals surface area contributed by atoms with E-state index in [1.165, 1.54) is 0 Å². The second kappa shape index (κ2) is 11.0. The van der Waals surface area contributed by atoms with Crippen molar-refractivity contribution in [3.05, 3.63) is 72.3 Å². The van der Waals surface area contributed by atoms with Gasteiger partial charge in [0.2, 0.25) is 11.8 Å². The Balaban J connectivity index is 1.74. The van der Waals surface area contributed by atoms with Gasteiger partial charge in [-0.05, 0) is 60.5 Å². The Bertz CT molecular complexity index is 1210. The van der Waals surface area contributed by atoms with Gasteiger partial charge in [0, 0.05) is 18.2 Å². The summed E-state index contributed by atoms with van der Waals surface area (Å²) in [7, 11) is 6.30. The normalized spacial score (nSPS) is 17.3. The smallest absolute Gasteiger partial charge is 0.230 e. The standard InChI is InChI=1S/C28H30N2O6/c1-33-20-9-5-18(6-10-20)27-23(28(32)29-24-17-22(35-3)13-15-25(24)36-4)14-16-26(31)30(27)19-7-11-21(34-2)12-8-19/h5-13,15,17,23,27H,14,16H2,1-4H3,(H,29,32)/t23-,27-/m0/s1. The summed E-state index contributed by atoms with van der Waals surface area (Å²) in [5.74, 6) is 1.70. The molecule has 2 atom stereocenters. The molecule has 1 aliphatic rings. The summed E-state index contributed by atoms with van der Waals surface area (Å²) in [6.45, 7) is 0. The first-order valence-corrected chi connectivity index (χ1v) is 11.6. The Morgan fingerprint density at radius 2 is 1.39 bits per heavy atom. The highest BCUT2D eigenvalue weighted by molar-refractivity contribution is 6.00. The average molecular weight is 491 g/mol. The van der Waals surface area contributed by atoms with E-state index in [2.05, 4.69) is 5.32 Å². The molecule has 2 amide bonds. The van der Waals surface area contributed by atoms with Crippen molar-refractivity contribution in [2.24, 2.45) is 5.92 Å². The van der Waals surface area contributed by atoms with Crippen molar-refractivity contribution in [1.29, 1.82) is 0 Å². The van der Waals surface area contributed by atoms with Gasteiger partial charge in [0.15, 0.2) is 0 Å². The van der Waals surface area contributed by atoms with E-state index in [0.29, 0.717) is 40.8 Å². The minimum atomic E-state index is -0.526. The second-order valence-electron chi connectivity index (χ2n) is 8.38. The van der Waals surface area contributed by atoms with E-state index in [9.17, 15) is 9.59 Å². The minimum Gasteiger partial charge on any atom is -0.497 e. The summed E-state index contributed by atoms with van der Waals surface area (Å²) in [4.78, 5) is 28.7. The summed E-state index contributed by atoms with van der Waals surface area (Å²) in [6, 6.07) is 19.4. The van der Waals surface area contributed by atoms with Crippen molar-refractivity contribution in [1.82, 2.24) is 0 Å². The van der Waals surface area contributed by atoms with E-state index in [4.69, 9.17) is 18.9 Å². The number of rotatable bonds is 8. The van der Waals surface area contributed by atoms with Gasteiger partial charge >= 0.3 is 0 Å². The number of hydrogen-bond donors (Lipinski definition) is 1. The molecule has 0 radical (unpaired) electrons. The molecule has 4 rings (SSSR count). The molecule has 36 heavy (non-hydrogen) atoms. The molecule has 3 aromatic carbocycles. The van der Waals surface area contributed by atoms with E-state index in [1.54, 1.807) is 63.7 Å². The molecular formula is C28H30N2O6. The van der Waals surface area contributed by atoms with Crippen LogP contribution in [0.5, 0.6) is 23.0 Å². The number of ether oxygens (including phenoxy) is 4. The fourth-order valence-electron chi connectivity index (χ4n) is 4.53. The lowest BCUT2D eigenvalue weighted by Crippen LogP contribution is -2.47. The Morgan fingerprint density at radius 1 is 0.806 bits per heavy atom. The van der Waals surface area contributed by atoms with Gasteiger partial charge in [-0.15, -0.1) is 0 Å². The zero-order chi connectivity index (χ0) is 25.7. The number of carbonyl (C=O) groups excluding carboxylic acids is 2. The van der Waals surface area contributed by atoms with Gasteiger partial charge in [0.25, 0.3) is 0 Å². The first-order chi connectivity index (χ1) is 17.5. The molecule has 0 saturated carbocycles. The third-order valence-corrected chi connectivity index (χ3v) is 6.41. The molecule has 1 fully saturated rings. The van der Waals surface area contributed by atoms with Crippen molar-refractivity contribution in [2.45, 2.75) is 18.9 Å². The van der Waals surface area contributed by atoms with Crippen molar-refractivity contribution in [2.75, 3.05) is 38.7 Å². The molecule has 1 N–H and O–H groups in total. The topological polar surface area (TPSA) is 86.3 Å². The fraction of sp³-hybridized carbons (Fsp3) is 0.286. The molecule has 1 aliphatic heterocycles. The van der Waals surface area contributed by atoms with Gasteiger partial charge in [0.05, 0.1) is 46.1 Å². The Morgan fingerprint density at radius 3 is 1.97 bits per heavy atom. The summed E-state index contributed by atoms with van der Waals surface area (Å²) >= 11 is 0. The van der Waals surface area contributed by atoms with Gasteiger partial charge < -0.3 is 29.2 Å². The van der Waals surface area contributed by atoms with Gasteiger partial charge in [0.1, 0.15) is 23.0 Å². The number of benzene rings is 3. The molecule has 0 unspecified atom stereocenters. The largest absolute Gasteiger partial charge is 0.497 e. The van der Waals surface area contributed by atoms with E-state index >= 15 is 0 Å². The van der Waals surface area contributed by atoms with Gasteiger partial charge in [-0.3, -0.25) is 9.59 Å². The summed E-state index contributed by atoms with van der Waals surface area (Å²) in [5, 5.41) is 3.01. The summed E-state index contributed by atoms with van der Waals surface area (Å²) in [5.41, 5.74) is 2.03. The number of nitrogens with zero attached hydrogens (tertiary/aromatic N) is 1. The molecule has 0 bridgehead atoms. The monoisotopic (exact) mass is 490 g/mol. The van der Waals surface area contributed by atoms with E-state index in [0.717, 1.165) is 5.56 Å². The number of methoxy groups -OCH3 is 4. The zero-order valence-corrected chi connectivity index (χ0v) is 20.8. The Hall–Kier alpha value is -4.20. The number of amides is 2. The van der Waals surface area contributed by atoms with Crippen LogP contribution in [0.2, 0.25) is 0 Å². The van der Waals surface area contributed by atoms with Crippen molar-refractivity contribution in [3.63, 3.8) is 0 Å². The fourth-order valence-corrected chi connectivity index (χ4v) is 4.53.